The van der Waals surface area contributed by atoms with E-state index in [1.54, 1.807) is 24.3 Å². The molecule has 0 bridgehead atoms. The highest BCUT2D eigenvalue weighted by atomic mass is 19.1. The van der Waals surface area contributed by atoms with Gasteiger partial charge in [-0.3, -0.25) is 0 Å². The molecule has 1 saturated heterocycles. The van der Waals surface area contributed by atoms with Gasteiger partial charge in [-0.2, -0.15) is 0 Å². The van der Waals surface area contributed by atoms with Crippen LogP contribution >= 0.6 is 0 Å². The van der Waals surface area contributed by atoms with Crippen molar-refractivity contribution < 1.29 is 13.9 Å². The SMILES string of the molecule is Cc1nc(Nc2ccc(NC(=O)Nc3ccccc3F)cc2)cc(N2CCOCC2)n1. The fourth-order valence-corrected chi connectivity index (χ4v) is 3.20. The number of urea groups is 1. The van der Waals surface area contributed by atoms with Gasteiger partial charge in [0.1, 0.15) is 23.3 Å². The Labute approximate surface area is 179 Å². The summed E-state index contributed by atoms with van der Waals surface area (Å²) in [5, 5.41) is 8.43. The number of anilines is 5. The summed E-state index contributed by atoms with van der Waals surface area (Å²) in [5.74, 6) is 1.73. The quantitative estimate of drug-likeness (QED) is 0.572. The number of halogens is 1. The maximum atomic E-state index is 13.7. The second-order valence-corrected chi connectivity index (χ2v) is 7.02. The van der Waals surface area contributed by atoms with Crippen LogP contribution in [0.5, 0.6) is 0 Å². The molecule has 0 unspecified atom stereocenters. The number of aromatic nitrogens is 2. The van der Waals surface area contributed by atoms with Crippen molar-refractivity contribution in [1.29, 1.82) is 0 Å². The minimum absolute atomic E-state index is 0.119. The van der Waals surface area contributed by atoms with Crippen LogP contribution in [0.15, 0.2) is 54.6 Å². The third kappa shape index (κ3) is 5.46. The van der Waals surface area contributed by atoms with E-state index in [1.807, 2.05) is 25.1 Å². The molecule has 31 heavy (non-hydrogen) atoms. The number of carbonyl (C=O) groups excluding carboxylic acids is 1. The molecule has 0 radical (unpaired) electrons. The molecule has 1 aliphatic rings. The Balaban J connectivity index is 1.39. The van der Waals surface area contributed by atoms with E-state index >= 15 is 0 Å². The van der Waals surface area contributed by atoms with Gasteiger partial charge in [0, 0.05) is 30.5 Å². The summed E-state index contributed by atoms with van der Waals surface area (Å²) in [7, 11) is 0. The number of ether oxygens (including phenoxy) is 1. The lowest BCUT2D eigenvalue weighted by Gasteiger charge is -2.28. The van der Waals surface area contributed by atoms with Crippen molar-refractivity contribution in [3.8, 4) is 0 Å². The number of carbonyl (C=O) groups is 1. The summed E-state index contributed by atoms with van der Waals surface area (Å²) in [5.41, 5.74) is 1.51. The summed E-state index contributed by atoms with van der Waals surface area (Å²) in [4.78, 5) is 23.3. The number of amides is 2. The number of rotatable bonds is 5. The fourth-order valence-electron chi connectivity index (χ4n) is 3.20. The maximum absolute atomic E-state index is 13.7. The number of morpholine rings is 1. The first-order valence-corrected chi connectivity index (χ1v) is 9.95. The summed E-state index contributed by atoms with van der Waals surface area (Å²) < 4.78 is 19.1. The number of aryl methyl sites for hydroxylation is 1. The summed E-state index contributed by atoms with van der Waals surface area (Å²) in [6.45, 7) is 4.82. The molecule has 9 heteroatoms. The van der Waals surface area contributed by atoms with Gasteiger partial charge in [-0.25, -0.2) is 19.2 Å². The average Bonchev–Trinajstić information content (AvgIpc) is 2.77. The van der Waals surface area contributed by atoms with Crippen molar-refractivity contribution in [2.45, 2.75) is 6.92 Å². The fraction of sp³-hybridized carbons (Fsp3) is 0.227. The lowest BCUT2D eigenvalue weighted by molar-refractivity contribution is 0.122. The van der Waals surface area contributed by atoms with E-state index in [-0.39, 0.29) is 5.69 Å². The second-order valence-electron chi connectivity index (χ2n) is 7.02. The van der Waals surface area contributed by atoms with Gasteiger partial charge in [0.05, 0.1) is 18.9 Å². The number of nitrogens with one attached hydrogen (secondary N) is 3. The van der Waals surface area contributed by atoms with Crippen LogP contribution in [0.1, 0.15) is 5.82 Å². The summed E-state index contributed by atoms with van der Waals surface area (Å²) >= 11 is 0. The van der Waals surface area contributed by atoms with E-state index in [9.17, 15) is 9.18 Å². The van der Waals surface area contributed by atoms with Crippen molar-refractivity contribution in [3.05, 3.63) is 66.2 Å². The van der Waals surface area contributed by atoms with E-state index in [0.29, 0.717) is 30.5 Å². The van der Waals surface area contributed by atoms with E-state index in [2.05, 4.69) is 30.8 Å². The number of hydrogen-bond donors (Lipinski definition) is 3. The normalized spacial score (nSPS) is 13.5. The largest absolute Gasteiger partial charge is 0.378 e. The molecule has 4 rings (SSSR count). The molecule has 1 aliphatic heterocycles. The highest BCUT2D eigenvalue weighted by Gasteiger charge is 2.14. The van der Waals surface area contributed by atoms with Gasteiger partial charge in [0.25, 0.3) is 0 Å². The topological polar surface area (TPSA) is 91.4 Å². The van der Waals surface area contributed by atoms with Gasteiger partial charge < -0.3 is 25.6 Å². The Morgan fingerprint density at radius 1 is 1.00 bits per heavy atom. The first-order valence-electron chi connectivity index (χ1n) is 9.95. The number of para-hydroxylation sites is 1. The Morgan fingerprint density at radius 3 is 2.45 bits per heavy atom. The van der Waals surface area contributed by atoms with Crippen LogP contribution in [0.4, 0.5) is 37.9 Å². The molecule has 1 aromatic heterocycles. The average molecular weight is 422 g/mol. The van der Waals surface area contributed by atoms with Crippen molar-refractivity contribution in [3.63, 3.8) is 0 Å². The first kappa shape index (κ1) is 20.5. The van der Waals surface area contributed by atoms with Crippen LogP contribution in [0.3, 0.4) is 0 Å². The molecule has 0 atom stereocenters. The zero-order chi connectivity index (χ0) is 21.6. The van der Waals surface area contributed by atoms with Crippen LogP contribution in [-0.4, -0.2) is 42.3 Å². The van der Waals surface area contributed by atoms with Gasteiger partial charge in [-0.15, -0.1) is 0 Å². The molecule has 0 saturated carbocycles. The number of hydrogen-bond acceptors (Lipinski definition) is 6. The highest BCUT2D eigenvalue weighted by molar-refractivity contribution is 5.99. The van der Waals surface area contributed by atoms with E-state index in [1.165, 1.54) is 12.1 Å². The molecule has 2 heterocycles. The van der Waals surface area contributed by atoms with Crippen molar-refractivity contribution in [2.24, 2.45) is 0 Å². The third-order valence-electron chi connectivity index (χ3n) is 4.70. The smallest absolute Gasteiger partial charge is 0.323 e. The van der Waals surface area contributed by atoms with E-state index in [4.69, 9.17) is 4.74 Å². The molecule has 2 aromatic carbocycles. The zero-order valence-electron chi connectivity index (χ0n) is 17.1. The summed E-state index contributed by atoms with van der Waals surface area (Å²) in [6, 6.07) is 14.5. The Hall–Kier alpha value is -3.72. The molecular weight excluding hydrogens is 399 g/mol. The van der Waals surface area contributed by atoms with E-state index < -0.39 is 11.8 Å². The van der Waals surface area contributed by atoms with E-state index in [0.717, 1.165) is 24.6 Å². The molecule has 0 aliphatic carbocycles. The van der Waals surface area contributed by atoms with Crippen LogP contribution in [0.2, 0.25) is 0 Å². The van der Waals surface area contributed by atoms with Gasteiger partial charge in [0.2, 0.25) is 0 Å². The molecule has 0 spiro atoms. The number of benzene rings is 2. The van der Waals surface area contributed by atoms with Crippen LogP contribution in [0.25, 0.3) is 0 Å². The Kier molecular flexibility index (Phi) is 6.23. The molecule has 2 amide bonds. The lowest BCUT2D eigenvalue weighted by atomic mass is 10.2. The standard InChI is InChI=1S/C22H23FN6O2/c1-15-24-20(14-21(25-15)29-10-12-31-13-11-29)26-16-6-8-17(9-7-16)27-22(30)28-19-5-3-2-4-18(19)23/h2-9,14H,10-13H2,1H3,(H,24,25,26)(H2,27,28,30). The molecule has 160 valence electrons. The monoisotopic (exact) mass is 422 g/mol. The minimum Gasteiger partial charge on any atom is -0.378 e. The molecular formula is C22H23FN6O2. The van der Waals surface area contributed by atoms with Crippen LogP contribution in [0, 0.1) is 12.7 Å². The summed E-state index contributed by atoms with van der Waals surface area (Å²) in [6.07, 6.45) is 0. The van der Waals surface area contributed by atoms with Crippen molar-refractivity contribution >= 4 is 34.7 Å². The molecule has 8 nitrogen and oxygen atoms in total. The maximum Gasteiger partial charge on any atom is 0.323 e. The van der Waals surface area contributed by atoms with Crippen LogP contribution < -0.4 is 20.9 Å². The van der Waals surface area contributed by atoms with Gasteiger partial charge in [-0.1, -0.05) is 12.1 Å². The van der Waals surface area contributed by atoms with Crippen LogP contribution in [-0.2, 0) is 4.74 Å². The predicted octanol–water partition coefficient (Wildman–Crippen LogP) is 4.15. The van der Waals surface area contributed by atoms with Crippen molar-refractivity contribution in [1.82, 2.24) is 9.97 Å². The van der Waals surface area contributed by atoms with Gasteiger partial charge >= 0.3 is 6.03 Å². The molecule has 3 N–H and O–H groups in total. The van der Waals surface area contributed by atoms with Gasteiger partial charge in [0.15, 0.2) is 0 Å². The third-order valence-corrected chi connectivity index (χ3v) is 4.70. The minimum atomic E-state index is -0.521. The van der Waals surface area contributed by atoms with Gasteiger partial charge in [-0.05, 0) is 43.3 Å². The van der Waals surface area contributed by atoms with Crippen molar-refractivity contribution in [2.75, 3.05) is 47.2 Å². The second kappa shape index (κ2) is 9.40. The predicted molar refractivity (Wildman–Crippen MR) is 119 cm³/mol. The Morgan fingerprint density at radius 2 is 1.71 bits per heavy atom. The highest BCUT2D eigenvalue weighted by Crippen LogP contribution is 2.22. The first-order chi connectivity index (χ1) is 15.1. The molecule has 3 aromatic rings. The molecule has 1 fully saturated rings. The zero-order valence-corrected chi connectivity index (χ0v) is 17.1. The number of nitrogens with zero attached hydrogens (tertiary/aromatic N) is 3. The lowest BCUT2D eigenvalue weighted by Crippen LogP contribution is -2.36. The Bertz CT molecular complexity index is 1050.